The summed E-state index contributed by atoms with van der Waals surface area (Å²) in [6.45, 7) is 1.70. The van der Waals surface area contributed by atoms with Crippen molar-refractivity contribution in [1.82, 2.24) is 14.5 Å². The number of rotatable bonds is 6. The number of nitrogens with zero attached hydrogens (tertiary/aromatic N) is 2. The number of sulfonamides is 1. The first-order valence-corrected chi connectivity index (χ1v) is 10.4. The third-order valence-corrected chi connectivity index (χ3v) is 6.23. The van der Waals surface area contributed by atoms with Crippen molar-refractivity contribution in [1.29, 1.82) is 0 Å². The number of aryl methyl sites for hydroxylation is 1. The van der Waals surface area contributed by atoms with Crippen molar-refractivity contribution in [3.8, 4) is 5.75 Å². The van der Waals surface area contributed by atoms with Gasteiger partial charge in [0.2, 0.25) is 10.0 Å². The number of nitrogens with one attached hydrogen (secondary N) is 1. The Bertz CT molecular complexity index is 968. The fourth-order valence-electron chi connectivity index (χ4n) is 3.44. The van der Waals surface area contributed by atoms with Crippen LogP contribution in [0.2, 0.25) is 0 Å². The summed E-state index contributed by atoms with van der Waals surface area (Å²) in [5.74, 6) is 0.203. The summed E-state index contributed by atoms with van der Waals surface area (Å²) < 4.78 is 73.8. The molecule has 1 heterocycles. The van der Waals surface area contributed by atoms with Crippen molar-refractivity contribution < 1.29 is 26.3 Å². The molecule has 0 bridgehead atoms. The largest absolute Gasteiger partial charge is 0.495 e. The minimum absolute atomic E-state index is 0.00604. The van der Waals surface area contributed by atoms with Crippen molar-refractivity contribution in [3.05, 3.63) is 40.7 Å². The molecular weight excluding hydrogens is 395 g/mol. The lowest BCUT2D eigenvalue weighted by atomic mass is 9.95. The number of hydrogen-bond acceptors (Lipinski definition) is 4. The van der Waals surface area contributed by atoms with Crippen LogP contribution in [0.1, 0.15) is 35.4 Å². The summed E-state index contributed by atoms with van der Waals surface area (Å²) in [4.78, 5) is -0.00604. The van der Waals surface area contributed by atoms with E-state index in [1.807, 2.05) is 0 Å². The van der Waals surface area contributed by atoms with E-state index in [2.05, 4.69) is 9.82 Å². The fourth-order valence-corrected chi connectivity index (χ4v) is 4.71. The second-order valence-electron chi connectivity index (χ2n) is 6.75. The van der Waals surface area contributed by atoms with Crippen molar-refractivity contribution >= 4 is 10.0 Å². The van der Waals surface area contributed by atoms with Crippen LogP contribution in [0.15, 0.2) is 23.1 Å². The Morgan fingerprint density at radius 2 is 1.96 bits per heavy atom. The van der Waals surface area contributed by atoms with Crippen LogP contribution in [-0.4, -0.2) is 31.9 Å². The number of alkyl halides is 3. The number of ether oxygens (including phenoxy) is 1. The number of benzene rings is 1. The molecule has 0 aliphatic heterocycles. The van der Waals surface area contributed by atoms with Crippen LogP contribution in [0.4, 0.5) is 13.2 Å². The van der Waals surface area contributed by atoms with Gasteiger partial charge in [-0.2, -0.15) is 18.3 Å². The van der Waals surface area contributed by atoms with Gasteiger partial charge in [-0.05, 0) is 50.3 Å². The lowest BCUT2D eigenvalue weighted by Gasteiger charge is -2.15. The van der Waals surface area contributed by atoms with Gasteiger partial charge in [0.25, 0.3) is 0 Å². The molecule has 2 aromatic rings. The van der Waals surface area contributed by atoms with Crippen LogP contribution < -0.4 is 9.46 Å². The third-order valence-electron chi connectivity index (χ3n) is 4.75. The highest BCUT2D eigenvalue weighted by Crippen LogP contribution is 2.35. The summed E-state index contributed by atoms with van der Waals surface area (Å²) in [5, 5.41) is 3.74. The van der Waals surface area contributed by atoms with E-state index in [-0.39, 0.29) is 29.3 Å². The van der Waals surface area contributed by atoms with Crippen LogP contribution in [0.25, 0.3) is 0 Å². The normalized spacial score (nSPS) is 14.8. The standard InChI is InChI=1S/C18H22F3N3O3S/c1-12-7-8-15(27-2)16(11-12)28(25,26)22-9-10-24-14-6-4-3-5-13(14)17(23-24)18(19,20)21/h7-8,11,22H,3-6,9-10H2,1-2H3. The first kappa shape index (κ1) is 20.7. The molecule has 0 spiro atoms. The number of methoxy groups -OCH3 is 1. The van der Waals surface area contributed by atoms with Crippen molar-refractivity contribution in [2.45, 2.75) is 50.2 Å². The van der Waals surface area contributed by atoms with E-state index >= 15 is 0 Å². The molecule has 0 amide bonds. The van der Waals surface area contributed by atoms with Crippen LogP contribution in [-0.2, 0) is 35.6 Å². The molecule has 154 valence electrons. The zero-order valence-electron chi connectivity index (χ0n) is 15.6. The molecule has 0 saturated carbocycles. The highest BCUT2D eigenvalue weighted by atomic mass is 32.2. The fraction of sp³-hybridized carbons (Fsp3) is 0.500. The van der Waals surface area contributed by atoms with E-state index in [9.17, 15) is 21.6 Å². The maximum absolute atomic E-state index is 13.2. The summed E-state index contributed by atoms with van der Waals surface area (Å²) in [6, 6.07) is 4.77. The lowest BCUT2D eigenvalue weighted by molar-refractivity contribution is -0.142. The van der Waals surface area contributed by atoms with Gasteiger partial charge in [-0.3, -0.25) is 4.68 Å². The lowest BCUT2D eigenvalue weighted by Crippen LogP contribution is -2.28. The van der Waals surface area contributed by atoms with Gasteiger partial charge in [-0.25, -0.2) is 13.1 Å². The van der Waals surface area contributed by atoms with Crippen LogP contribution in [0.3, 0.4) is 0 Å². The minimum Gasteiger partial charge on any atom is -0.495 e. The topological polar surface area (TPSA) is 73.2 Å². The van der Waals surface area contributed by atoms with Gasteiger partial charge in [-0.15, -0.1) is 0 Å². The molecule has 0 saturated heterocycles. The van der Waals surface area contributed by atoms with Gasteiger partial charge in [-0.1, -0.05) is 6.07 Å². The predicted octanol–water partition coefficient (Wildman–Crippen LogP) is 3.08. The van der Waals surface area contributed by atoms with Gasteiger partial charge >= 0.3 is 6.18 Å². The molecule has 3 rings (SSSR count). The average Bonchev–Trinajstić information content (AvgIpc) is 3.01. The average molecular weight is 417 g/mol. The number of fused-ring (bicyclic) bond motifs is 1. The number of aromatic nitrogens is 2. The molecule has 0 fully saturated rings. The van der Waals surface area contributed by atoms with E-state index in [1.165, 1.54) is 17.9 Å². The van der Waals surface area contributed by atoms with Crippen molar-refractivity contribution in [2.24, 2.45) is 0 Å². The third kappa shape index (κ3) is 4.17. The highest BCUT2D eigenvalue weighted by molar-refractivity contribution is 7.89. The Morgan fingerprint density at radius 3 is 2.64 bits per heavy atom. The number of hydrogen-bond donors (Lipinski definition) is 1. The Kier molecular flexibility index (Phi) is 5.72. The summed E-state index contributed by atoms with van der Waals surface area (Å²) in [7, 11) is -2.50. The summed E-state index contributed by atoms with van der Waals surface area (Å²) in [5.41, 5.74) is 0.676. The van der Waals surface area contributed by atoms with E-state index in [1.54, 1.807) is 19.1 Å². The molecule has 1 aliphatic carbocycles. The van der Waals surface area contributed by atoms with E-state index in [0.29, 0.717) is 25.0 Å². The second-order valence-corrected chi connectivity index (χ2v) is 8.49. The van der Waals surface area contributed by atoms with Gasteiger partial charge in [0.1, 0.15) is 10.6 Å². The number of halogens is 3. The molecular formula is C18H22F3N3O3S. The van der Waals surface area contributed by atoms with Gasteiger partial charge in [0, 0.05) is 17.8 Å². The molecule has 0 atom stereocenters. The second kappa shape index (κ2) is 7.75. The van der Waals surface area contributed by atoms with Gasteiger partial charge in [0.05, 0.1) is 13.7 Å². The van der Waals surface area contributed by atoms with E-state index in [0.717, 1.165) is 12.0 Å². The molecule has 10 heteroatoms. The smallest absolute Gasteiger partial charge is 0.435 e. The first-order chi connectivity index (χ1) is 13.1. The predicted molar refractivity (Wildman–Crippen MR) is 96.8 cm³/mol. The SMILES string of the molecule is COc1ccc(C)cc1S(=O)(=O)NCCn1nc(C(F)(F)F)c2c1CCCC2. The molecule has 1 aromatic heterocycles. The maximum atomic E-state index is 13.2. The monoisotopic (exact) mass is 417 g/mol. The quantitative estimate of drug-likeness (QED) is 0.784. The van der Waals surface area contributed by atoms with Crippen molar-refractivity contribution in [3.63, 3.8) is 0 Å². The Morgan fingerprint density at radius 1 is 1.25 bits per heavy atom. The molecule has 28 heavy (non-hydrogen) atoms. The first-order valence-electron chi connectivity index (χ1n) is 8.93. The van der Waals surface area contributed by atoms with Crippen LogP contribution >= 0.6 is 0 Å². The molecule has 1 N–H and O–H groups in total. The zero-order chi connectivity index (χ0) is 20.5. The van der Waals surface area contributed by atoms with Crippen LogP contribution in [0.5, 0.6) is 5.75 Å². The molecule has 6 nitrogen and oxygen atoms in total. The van der Waals surface area contributed by atoms with Crippen molar-refractivity contribution in [2.75, 3.05) is 13.7 Å². The Labute approximate surface area is 161 Å². The van der Waals surface area contributed by atoms with E-state index in [4.69, 9.17) is 4.74 Å². The Hall–Kier alpha value is -2.07. The highest BCUT2D eigenvalue weighted by Gasteiger charge is 2.39. The van der Waals surface area contributed by atoms with Crippen LogP contribution in [0, 0.1) is 6.92 Å². The van der Waals surface area contributed by atoms with Gasteiger partial charge in [0.15, 0.2) is 5.69 Å². The molecule has 0 unspecified atom stereocenters. The van der Waals surface area contributed by atoms with Gasteiger partial charge < -0.3 is 4.74 Å². The molecule has 1 aliphatic rings. The summed E-state index contributed by atoms with van der Waals surface area (Å²) in [6.07, 6.45) is -2.17. The molecule has 1 aromatic carbocycles. The minimum atomic E-state index is -4.51. The van der Waals surface area contributed by atoms with E-state index < -0.39 is 21.9 Å². The zero-order valence-corrected chi connectivity index (χ0v) is 16.5. The summed E-state index contributed by atoms with van der Waals surface area (Å²) >= 11 is 0. The molecule has 0 radical (unpaired) electrons. The maximum Gasteiger partial charge on any atom is 0.435 e. The Balaban J connectivity index is 1.79.